The monoisotopic (exact) mass is 385 g/mol. The largest absolute Gasteiger partial charge is 0.481 e. The summed E-state index contributed by atoms with van der Waals surface area (Å²) >= 11 is 0. The van der Waals surface area contributed by atoms with Crippen molar-refractivity contribution in [3.63, 3.8) is 0 Å². The van der Waals surface area contributed by atoms with Gasteiger partial charge < -0.3 is 10.8 Å². The molecule has 0 aromatic heterocycles. The first-order chi connectivity index (χ1) is 11.9. The van der Waals surface area contributed by atoms with E-state index in [1.165, 1.54) is 0 Å². The van der Waals surface area contributed by atoms with Gasteiger partial charge in [-0.1, -0.05) is 19.4 Å². The summed E-state index contributed by atoms with van der Waals surface area (Å²) in [7, 11) is 0. The summed E-state index contributed by atoms with van der Waals surface area (Å²) < 4.78 is 77.1. The second-order valence-electron chi connectivity index (χ2n) is 6.37. The minimum Gasteiger partial charge on any atom is -0.481 e. The third-order valence-electron chi connectivity index (χ3n) is 4.21. The number of nitrogens with two attached hydrogens (primary N) is 1. The first-order valence-corrected chi connectivity index (χ1v) is 8.06. The van der Waals surface area contributed by atoms with E-state index in [-0.39, 0.29) is 30.5 Å². The fourth-order valence-corrected chi connectivity index (χ4v) is 2.78. The molecule has 148 valence electrons. The summed E-state index contributed by atoms with van der Waals surface area (Å²) in [6.07, 6.45) is -8.73. The third-order valence-corrected chi connectivity index (χ3v) is 4.21. The van der Waals surface area contributed by atoms with Gasteiger partial charge in [0.25, 0.3) is 0 Å². The number of aryl methyl sites for hydroxylation is 1. The fourth-order valence-electron chi connectivity index (χ4n) is 2.78. The van der Waals surface area contributed by atoms with Gasteiger partial charge in [0, 0.05) is 6.54 Å². The summed E-state index contributed by atoms with van der Waals surface area (Å²) in [5, 5.41) is 8.95. The van der Waals surface area contributed by atoms with Crippen LogP contribution in [0.3, 0.4) is 0 Å². The van der Waals surface area contributed by atoms with Crippen molar-refractivity contribution in [2.75, 3.05) is 6.54 Å². The van der Waals surface area contributed by atoms with Gasteiger partial charge in [0.05, 0.1) is 17.0 Å². The Morgan fingerprint density at radius 1 is 1.15 bits per heavy atom. The maximum Gasteiger partial charge on any atom is 0.416 e. The van der Waals surface area contributed by atoms with E-state index in [1.54, 1.807) is 6.92 Å². The summed E-state index contributed by atoms with van der Waals surface area (Å²) in [5.74, 6) is -1.83. The normalized spacial score (nSPS) is 14.9. The highest BCUT2D eigenvalue weighted by atomic mass is 19.4. The van der Waals surface area contributed by atoms with Crippen molar-refractivity contribution in [3.8, 4) is 0 Å². The molecule has 0 saturated carbocycles. The third kappa shape index (κ3) is 6.51. The lowest BCUT2D eigenvalue weighted by Gasteiger charge is -2.18. The van der Waals surface area contributed by atoms with E-state index >= 15 is 0 Å². The summed E-state index contributed by atoms with van der Waals surface area (Å²) in [4.78, 5) is 10.9. The molecule has 0 aliphatic rings. The fraction of sp³-hybridized carbons (Fsp3) is 0.588. The lowest BCUT2D eigenvalue weighted by molar-refractivity contribution is -0.144. The van der Waals surface area contributed by atoms with Crippen LogP contribution in [-0.2, 0) is 23.6 Å². The maximum atomic E-state index is 13.1. The molecular formula is C17H21F6NO2. The molecular weight excluding hydrogens is 364 g/mol. The number of hydrogen-bond acceptors (Lipinski definition) is 2. The van der Waals surface area contributed by atoms with Crippen LogP contribution in [0.4, 0.5) is 26.3 Å². The number of carboxylic acids is 1. The van der Waals surface area contributed by atoms with Crippen molar-refractivity contribution in [2.45, 2.75) is 45.0 Å². The SMILES string of the molecule is CC(CCCc1ccc(C(F)(F)F)cc1C(F)(F)F)CC(CN)C(=O)O. The Bertz CT molecular complexity index is 612. The lowest BCUT2D eigenvalue weighted by atomic mass is 9.90. The molecule has 3 nitrogen and oxygen atoms in total. The van der Waals surface area contributed by atoms with Crippen molar-refractivity contribution in [2.24, 2.45) is 17.6 Å². The molecule has 0 radical (unpaired) electrons. The summed E-state index contributed by atoms with van der Waals surface area (Å²) in [5.41, 5.74) is 2.53. The summed E-state index contributed by atoms with van der Waals surface area (Å²) in [6.45, 7) is 1.74. The van der Waals surface area contributed by atoms with Crippen LogP contribution in [0.15, 0.2) is 18.2 Å². The van der Waals surface area contributed by atoms with E-state index in [0.29, 0.717) is 25.3 Å². The molecule has 0 saturated heterocycles. The average Bonchev–Trinajstić information content (AvgIpc) is 2.50. The molecule has 0 aliphatic carbocycles. The van der Waals surface area contributed by atoms with Gasteiger partial charge >= 0.3 is 18.3 Å². The predicted molar refractivity (Wildman–Crippen MR) is 83.3 cm³/mol. The lowest BCUT2D eigenvalue weighted by Crippen LogP contribution is -2.25. The van der Waals surface area contributed by atoms with Crippen molar-refractivity contribution in [3.05, 3.63) is 34.9 Å². The Morgan fingerprint density at radius 3 is 2.23 bits per heavy atom. The standard InChI is InChI=1S/C17H21F6NO2/c1-10(7-12(9-24)15(25)26)3-2-4-11-5-6-13(16(18,19)20)8-14(11)17(21,22)23/h5-6,8,10,12H,2-4,7,9,24H2,1H3,(H,25,26). The quantitative estimate of drug-likeness (QED) is 0.636. The Balaban J connectivity index is 2.79. The molecule has 1 rings (SSSR count). The Morgan fingerprint density at radius 2 is 1.77 bits per heavy atom. The van der Waals surface area contributed by atoms with Crippen LogP contribution in [0.5, 0.6) is 0 Å². The summed E-state index contributed by atoms with van der Waals surface area (Å²) in [6, 6.07) is 1.63. The van der Waals surface area contributed by atoms with Crippen molar-refractivity contribution >= 4 is 5.97 Å². The van der Waals surface area contributed by atoms with Crippen LogP contribution in [0.1, 0.15) is 42.9 Å². The van der Waals surface area contributed by atoms with Crippen LogP contribution < -0.4 is 5.73 Å². The zero-order valence-electron chi connectivity index (χ0n) is 14.1. The molecule has 0 fully saturated rings. The zero-order valence-corrected chi connectivity index (χ0v) is 14.1. The Kier molecular flexibility index (Phi) is 7.49. The number of alkyl halides is 6. The van der Waals surface area contributed by atoms with Crippen molar-refractivity contribution in [1.29, 1.82) is 0 Å². The van der Waals surface area contributed by atoms with Crippen LogP contribution in [-0.4, -0.2) is 17.6 Å². The van der Waals surface area contributed by atoms with Gasteiger partial charge in [0.2, 0.25) is 0 Å². The molecule has 9 heteroatoms. The molecule has 2 unspecified atom stereocenters. The molecule has 0 bridgehead atoms. The van der Waals surface area contributed by atoms with Gasteiger partial charge in [-0.2, -0.15) is 26.3 Å². The van der Waals surface area contributed by atoms with Crippen LogP contribution in [0.25, 0.3) is 0 Å². The van der Waals surface area contributed by atoms with Gasteiger partial charge in [-0.3, -0.25) is 4.79 Å². The molecule has 1 aromatic carbocycles. The van der Waals surface area contributed by atoms with Gasteiger partial charge in [-0.25, -0.2) is 0 Å². The molecule has 2 atom stereocenters. The van der Waals surface area contributed by atoms with Gasteiger partial charge in [0.1, 0.15) is 0 Å². The van der Waals surface area contributed by atoms with E-state index in [2.05, 4.69) is 0 Å². The number of carboxylic acid groups (broad SMARTS) is 1. The first-order valence-electron chi connectivity index (χ1n) is 8.06. The van der Waals surface area contributed by atoms with E-state index < -0.39 is 35.4 Å². The van der Waals surface area contributed by atoms with Crippen molar-refractivity contribution < 1.29 is 36.2 Å². The molecule has 0 heterocycles. The smallest absolute Gasteiger partial charge is 0.416 e. The highest BCUT2D eigenvalue weighted by Gasteiger charge is 2.37. The maximum absolute atomic E-state index is 13.1. The van der Waals surface area contributed by atoms with Gasteiger partial charge in [-0.05, 0) is 42.9 Å². The van der Waals surface area contributed by atoms with E-state index in [9.17, 15) is 31.1 Å². The van der Waals surface area contributed by atoms with E-state index in [4.69, 9.17) is 10.8 Å². The minimum atomic E-state index is -4.88. The van der Waals surface area contributed by atoms with Gasteiger partial charge in [0.15, 0.2) is 0 Å². The number of hydrogen-bond donors (Lipinski definition) is 2. The average molecular weight is 385 g/mol. The highest BCUT2D eigenvalue weighted by molar-refractivity contribution is 5.70. The number of benzene rings is 1. The van der Waals surface area contributed by atoms with Crippen LogP contribution >= 0.6 is 0 Å². The predicted octanol–water partition coefficient (Wildman–Crippen LogP) is 4.73. The Hall–Kier alpha value is -1.77. The van der Waals surface area contributed by atoms with Gasteiger partial charge in [-0.15, -0.1) is 0 Å². The molecule has 0 aliphatic heterocycles. The van der Waals surface area contributed by atoms with E-state index in [1.807, 2.05) is 0 Å². The number of aliphatic carboxylic acids is 1. The van der Waals surface area contributed by atoms with Crippen LogP contribution in [0.2, 0.25) is 0 Å². The molecule has 1 aromatic rings. The second kappa shape index (κ2) is 8.75. The number of halogens is 6. The molecule has 3 N–H and O–H groups in total. The van der Waals surface area contributed by atoms with Crippen LogP contribution in [0, 0.1) is 11.8 Å². The molecule has 26 heavy (non-hydrogen) atoms. The van der Waals surface area contributed by atoms with Crippen molar-refractivity contribution in [1.82, 2.24) is 0 Å². The van der Waals surface area contributed by atoms with E-state index in [0.717, 1.165) is 6.07 Å². The number of carbonyl (C=O) groups is 1. The topological polar surface area (TPSA) is 63.3 Å². The zero-order chi connectivity index (χ0) is 20.1. The molecule has 0 amide bonds. The Labute approximate surface area is 147 Å². The second-order valence-corrected chi connectivity index (χ2v) is 6.37. The highest BCUT2D eigenvalue weighted by Crippen LogP contribution is 2.37. The molecule has 0 spiro atoms. The number of rotatable bonds is 8. The first kappa shape index (κ1) is 22.3. The minimum absolute atomic E-state index is 0.0310.